The van der Waals surface area contributed by atoms with Crippen LogP contribution in [0.5, 0.6) is 5.75 Å². The third kappa shape index (κ3) is 3.63. The molecule has 4 heteroatoms. The van der Waals surface area contributed by atoms with Crippen molar-refractivity contribution in [2.75, 3.05) is 29.9 Å². The standard InChI is InChI=1S/C21H24N2O2/c24-21(17-5-10-20-16(15-17)11-14-25-20)22-18-6-8-19(9-7-18)23-12-3-1-2-4-13-23/h5-10,15H,1-4,11-14H2,(H,22,24). The Labute approximate surface area is 148 Å². The summed E-state index contributed by atoms with van der Waals surface area (Å²) in [6.07, 6.45) is 6.06. The summed E-state index contributed by atoms with van der Waals surface area (Å²) in [4.78, 5) is 14.9. The van der Waals surface area contributed by atoms with Crippen molar-refractivity contribution in [1.29, 1.82) is 0 Å². The summed E-state index contributed by atoms with van der Waals surface area (Å²) in [6.45, 7) is 2.96. The van der Waals surface area contributed by atoms with E-state index in [0.29, 0.717) is 12.2 Å². The maximum absolute atomic E-state index is 12.5. The highest BCUT2D eigenvalue weighted by molar-refractivity contribution is 6.04. The molecule has 0 radical (unpaired) electrons. The molecule has 0 unspecified atom stereocenters. The van der Waals surface area contributed by atoms with Crippen molar-refractivity contribution in [3.05, 3.63) is 53.6 Å². The number of hydrogen-bond donors (Lipinski definition) is 1. The summed E-state index contributed by atoms with van der Waals surface area (Å²) in [5, 5.41) is 2.99. The number of nitrogens with zero attached hydrogens (tertiary/aromatic N) is 1. The fourth-order valence-corrected chi connectivity index (χ4v) is 3.62. The molecule has 2 aromatic rings. The van der Waals surface area contributed by atoms with Gasteiger partial charge >= 0.3 is 0 Å². The van der Waals surface area contributed by atoms with Gasteiger partial charge in [-0.15, -0.1) is 0 Å². The highest BCUT2D eigenvalue weighted by Crippen LogP contribution is 2.26. The average molecular weight is 336 g/mol. The van der Waals surface area contributed by atoms with Crippen molar-refractivity contribution in [1.82, 2.24) is 0 Å². The lowest BCUT2D eigenvalue weighted by Crippen LogP contribution is -2.23. The summed E-state index contributed by atoms with van der Waals surface area (Å²) in [7, 11) is 0. The van der Waals surface area contributed by atoms with E-state index < -0.39 is 0 Å². The fraction of sp³-hybridized carbons (Fsp3) is 0.381. The molecule has 2 heterocycles. The third-order valence-corrected chi connectivity index (χ3v) is 5.05. The average Bonchev–Trinajstić information content (AvgIpc) is 2.94. The van der Waals surface area contributed by atoms with Gasteiger partial charge in [0, 0.05) is 36.4 Å². The van der Waals surface area contributed by atoms with Crippen molar-refractivity contribution in [2.45, 2.75) is 32.1 Å². The van der Waals surface area contributed by atoms with Gasteiger partial charge < -0.3 is 15.0 Å². The number of ether oxygens (including phenoxy) is 1. The third-order valence-electron chi connectivity index (χ3n) is 5.05. The first-order chi connectivity index (χ1) is 12.3. The van der Waals surface area contributed by atoms with E-state index in [2.05, 4.69) is 22.3 Å². The Hall–Kier alpha value is -2.49. The number of hydrogen-bond acceptors (Lipinski definition) is 3. The number of nitrogens with one attached hydrogen (secondary N) is 1. The van der Waals surface area contributed by atoms with E-state index in [1.54, 1.807) is 0 Å². The van der Waals surface area contributed by atoms with Crippen LogP contribution in [0.1, 0.15) is 41.6 Å². The molecule has 0 saturated carbocycles. The number of rotatable bonds is 3. The number of amides is 1. The largest absolute Gasteiger partial charge is 0.493 e. The van der Waals surface area contributed by atoms with Gasteiger partial charge in [-0.25, -0.2) is 0 Å². The molecule has 0 aliphatic carbocycles. The molecular formula is C21H24N2O2. The molecule has 1 amide bonds. The lowest BCUT2D eigenvalue weighted by atomic mass is 10.1. The molecule has 0 atom stereocenters. The van der Waals surface area contributed by atoms with E-state index in [-0.39, 0.29) is 5.91 Å². The topological polar surface area (TPSA) is 41.6 Å². The second-order valence-corrected chi connectivity index (χ2v) is 6.82. The predicted molar refractivity (Wildman–Crippen MR) is 101 cm³/mol. The van der Waals surface area contributed by atoms with Crippen LogP contribution in [0, 0.1) is 0 Å². The maximum Gasteiger partial charge on any atom is 0.255 e. The molecule has 0 spiro atoms. The van der Waals surface area contributed by atoms with Crippen molar-refractivity contribution in [3.63, 3.8) is 0 Å². The highest BCUT2D eigenvalue weighted by atomic mass is 16.5. The molecule has 0 bridgehead atoms. The SMILES string of the molecule is O=C(Nc1ccc(N2CCCCCC2)cc1)c1ccc2c(c1)CCO2. The van der Waals surface area contributed by atoms with Gasteiger partial charge in [0.2, 0.25) is 0 Å². The number of anilines is 2. The van der Waals surface area contributed by atoms with Gasteiger partial charge in [-0.1, -0.05) is 12.8 Å². The minimum absolute atomic E-state index is 0.0720. The predicted octanol–water partition coefficient (Wildman–Crippen LogP) is 4.25. The maximum atomic E-state index is 12.5. The molecule has 1 saturated heterocycles. The Kier molecular flexibility index (Phi) is 4.59. The Morgan fingerprint density at radius 3 is 2.48 bits per heavy atom. The summed E-state index contributed by atoms with van der Waals surface area (Å²) < 4.78 is 5.49. The quantitative estimate of drug-likeness (QED) is 0.911. The molecule has 4 rings (SSSR count). The molecule has 130 valence electrons. The summed E-state index contributed by atoms with van der Waals surface area (Å²) in [5.74, 6) is 0.829. The van der Waals surface area contributed by atoms with Gasteiger partial charge in [0.25, 0.3) is 5.91 Å². The van der Waals surface area contributed by atoms with Crippen LogP contribution < -0.4 is 15.0 Å². The number of carbonyl (C=O) groups is 1. The fourth-order valence-electron chi connectivity index (χ4n) is 3.62. The van der Waals surface area contributed by atoms with Crippen LogP contribution in [0.25, 0.3) is 0 Å². The van der Waals surface area contributed by atoms with Crippen molar-refractivity contribution in [3.8, 4) is 5.75 Å². The van der Waals surface area contributed by atoms with Gasteiger partial charge in [-0.2, -0.15) is 0 Å². The van der Waals surface area contributed by atoms with Crippen molar-refractivity contribution < 1.29 is 9.53 Å². The summed E-state index contributed by atoms with van der Waals surface area (Å²) in [6, 6.07) is 13.9. The Morgan fingerprint density at radius 1 is 0.960 bits per heavy atom. The first-order valence-electron chi connectivity index (χ1n) is 9.22. The second-order valence-electron chi connectivity index (χ2n) is 6.82. The van der Waals surface area contributed by atoms with Crippen LogP contribution in [0.3, 0.4) is 0 Å². The van der Waals surface area contributed by atoms with E-state index in [0.717, 1.165) is 36.5 Å². The number of benzene rings is 2. The molecule has 4 nitrogen and oxygen atoms in total. The minimum atomic E-state index is -0.0720. The monoisotopic (exact) mass is 336 g/mol. The van der Waals surface area contributed by atoms with Gasteiger partial charge in [0.05, 0.1) is 6.61 Å². The lowest BCUT2D eigenvalue weighted by Gasteiger charge is -2.22. The zero-order valence-electron chi connectivity index (χ0n) is 14.5. The van der Waals surface area contributed by atoms with E-state index in [1.165, 1.54) is 31.4 Å². The zero-order valence-corrected chi connectivity index (χ0v) is 14.5. The zero-order chi connectivity index (χ0) is 17.1. The van der Waals surface area contributed by atoms with Crippen molar-refractivity contribution >= 4 is 17.3 Å². The van der Waals surface area contributed by atoms with Gasteiger partial charge in [-0.05, 0) is 60.9 Å². The summed E-state index contributed by atoms with van der Waals surface area (Å²) >= 11 is 0. The van der Waals surface area contributed by atoms with E-state index in [9.17, 15) is 4.79 Å². The van der Waals surface area contributed by atoms with Crippen LogP contribution in [-0.2, 0) is 6.42 Å². The van der Waals surface area contributed by atoms with Crippen LogP contribution in [0.15, 0.2) is 42.5 Å². The molecular weight excluding hydrogens is 312 g/mol. The number of carbonyl (C=O) groups excluding carboxylic acids is 1. The van der Waals surface area contributed by atoms with Gasteiger partial charge in [0.1, 0.15) is 5.75 Å². The molecule has 1 N–H and O–H groups in total. The van der Waals surface area contributed by atoms with Crippen LogP contribution in [0.4, 0.5) is 11.4 Å². The minimum Gasteiger partial charge on any atom is -0.493 e. The normalized spacial score (nSPS) is 16.7. The molecule has 1 fully saturated rings. The van der Waals surface area contributed by atoms with Gasteiger partial charge in [-0.3, -0.25) is 4.79 Å². The molecule has 0 aromatic heterocycles. The van der Waals surface area contributed by atoms with Gasteiger partial charge in [0.15, 0.2) is 0 Å². The van der Waals surface area contributed by atoms with E-state index >= 15 is 0 Å². The molecule has 2 aromatic carbocycles. The van der Waals surface area contributed by atoms with Crippen LogP contribution in [0.2, 0.25) is 0 Å². The number of fused-ring (bicyclic) bond motifs is 1. The van der Waals surface area contributed by atoms with E-state index in [1.807, 2.05) is 30.3 Å². The Morgan fingerprint density at radius 2 is 1.72 bits per heavy atom. The highest BCUT2D eigenvalue weighted by Gasteiger charge is 2.15. The molecule has 25 heavy (non-hydrogen) atoms. The summed E-state index contributed by atoms with van der Waals surface area (Å²) in [5.41, 5.74) is 3.87. The lowest BCUT2D eigenvalue weighted by molar-refractivity contribution is 0.102. The Bertz CT molecular complexity index is 747. The first-order valence-corrected chi connectivity index (χ1v) is 9.22. The van der Waals surface area contributed by atoms with E-state index in [4.69, 9.17) is 4.74 Å². The Balaban J connectivity index is 1.43. The van der Waals surface area contributed by atoms with Crippen LogP contribution >= 0.6 is 0 Å². The molecule has 2 aliphatic heterocycles. The smallest absolute Gasteiger partial charge is 0.255 e. The van der Waals surface area contributed by atoms with Crippen LogP contribution in [-0.4, -0.2) is 25.6 Å². The molecule has 2 aliphatic rings. The van der Waals surface area contributed by atoms with Crippen molar-refractivity contribution in [2.24, 2.45) is 0 Å². The second kappa shape index (κ2) is 7.18. The first kappa shape index (κ1) is 16.0.